The molecular formula is C12H20O6S2. The molecule has 20 heavy (non-hydrogen) atoms. The summed E-state index contributed by atoms with van der Waals surface area (Å²) in [7, 11) is -3.51. The Morgan fingerprint density at radius 2 is 1.10 bits per heavy atom. The van der Waals surface area contributed by atoms with E-state index in [0.717, 1.165) is 0 Å². The van der Waals surface area contributed by atoms with Crippen LogP contribution in [-0.4, -0.2) is 45.1 Å². The van der Waals surface area contributed by atoms with Gasteiger partial charge in [0.25, 0.3) is 0 Å². The van der Waals surface area contributed by atoms with Gasteiger partial charge >= 0.3 is 11.9 Å². The summed E-state index contributed by atoms with van der Waals surface area (Å²) in [5, 5.41) is 0. The first-order valence-corrected chi connectivity index (χ1v) is 9.02. The smallest absolute Gasteiger partial charge is 0.347 e. The van der Waals surface area contributed by atoms with E-state index >= 15 is 0 Å². The maximum atomic E-state index is 12.0. The molecule has 0 fully saturated rings. The van der Waals surface area contributed by atoms with E-state index in [2.05, 4.69) is 0 Å². The van der Waals surface area contributed by atoms with Crippen molar-refractivity contribution in [3.63, 3.8) is 0 Å². The van der Waals surface area contributed by atoms with E-state index in [1.807, 2.05) is 0 Å². The van der Waals surface area contributed by atoms with Crippen LogP contribution in [-0.2, 0) is 40.7 Å². The van der Waals surface area contributed by atoms with Crippen molar-refractivity contribution >= 4 is 33.5 Å². The number of carbonyl (C=O) groups is 2. The highest BCUT2D eigenvalue weighted by Gasteiger charge is 2.31. The zero-order valence-electron chi connectivity index (χ0n) is 12.4. The molecule has 0 aromatic carbocycles. The lowest BCUT2D eigenvalue weighted by molar-refractivity contribution is -0.150. The van der Waals surface area contributed by atoms with Crippen LogP contribution < -0.4 is 0 Å². The molecular weight excluding hydrogens is 304 g/mol. The molecule has 2 atom stereocenters. The van der Waals surface area contributed by atoms with Crippen molar-refractivity contribution in [1.82, 2.24) is 0 Å². The Kier molecular flexibility index (Phi) is 7.88. The van der Waals surface area contributed by atoms with Crippen LogP contribution in [0.3, 0.4) is 0 Å². The SMILES string of the molecule is CC(C)OC(=O)C(C(=O)OC(C)C)=C(S(C)=O)S(C)=O. The van der Waals surface area contributed by atoms with Gasteiger partial charge in [-0.2, -0.15) is 0 Å². The normalized spacial score (nSPS) is 13.8. The van der Waals surface area contributed by atoms with Crippen LogP contribution in [0.5, 0.6) is 0 Å². The number of esters is 2. The summed E-state index contributed by atoms with van der Waals surface area (Å²) in [5.41, 5.74) is -0.547. The topological polar surface area (TPSA) is 86.7 Å². The van der Waals surface area contributed by atoms with E-state index in [1.165, 1.54) is 12.5 Å². The molecule has 0 spiro atoms. The molecule has 0 rings (SSSR count). The molecule has 0 aliphatic rings. The summed E-state index contributed by atoms with van der Waals surface area (Å²) in [6.07, 6.45) is 1.53. The molecule has 0 aromatic heterocycles. The van der Waals surface area contributed by atoms with Gasteiger partial charge in [-0.15, -0.1) is 0 Å². The highest BCUT2D eigenvalue weighted by atomic mass is 32.2. The summed E-state index contributed by atoms with van der Waals surface area (Å²) >= 11 is 0. The summed E-state index contributed by atoms with van der Waals surface area (Å²) in [6, 6.07) is 0. The quantitative estimate of drug-likeness (QED) is 0.312. The van der Waals surface area contributed by atoms with Gasteiger partial charge in [0.2, 0.25) is 0 Å². The largest absolute Gasteiger partial charge is 0.459 e. The molecule has 6 nitrogen and oxygen atoms in total. The van der Waals surface area contributed by atoms with Crippen LogP contribution in [0, 0.1) is 0 Å². The number of ether oxygens (including phenoxy) is 2. The Bertz CT molecular complexity index is 425. The summed E-state index contributed by atoms with van der Waals surface area (Å²) < 4.78 is 32.9. The number of rotatable bonds is 6. The Morgan fingerprint density at radius 3 is 1.30 bits per heavy atom. The molecule has 0 heterocycles. The first-order valence-electron chi connectivity index (χ1n) is 5.91. The lowest BCUT2D eigenvalue weighted by atomic mass is 10.3. The third-order valence-corrected chi connectivity index (χ3v) is 4.68. The second kappa shape index (κ2) is 8.31. The molecule has 0 aliphatic heterocycles. The van der Waals surface area contributed by atoms with E-state index in [4.69, 9.17) is 9.47 Å². The van der Waals surface area contributed by atoms with Crippen LogP contribution in [0.2, 0.25) is 0 Å². The van der Waals surface area contributed by atoms with Crippen molar-refractivity contribution in [3.8, 4) is 0 Å². The van der Waals surface area contributed by atoms with Crippen molar-refractivity contribution in [2.75, 3.05) is 12.5 Å². The first kappa shape index (κ1) is 19.0. The average Bonchev–Trinajstić information content (AvgIpc) is 2.21. The third-order valence-electron chi connectivity index (χ3n) is 1.82. The Labute approximate surface area is 123 Å². The van der Waals surface area contributed by atoms with Crippen molar-refractivity contribution < 1.29 is 27.5 Å². The van der Waals surface area contributed by atoms with Crippen LogP contribution in [0.25, 0.3) is 0 Å². The van der Waals surface area contributed by atoms with Gasteiger partial charge in [-0.05, 0) is 27.7 Å². The number of hydrogen-bond donors (Lipinski definition) is 0. The van der Waals surface area contributed by atoms with Gasteiger partial charge in [0.1, 0.15) is 4.24 Å². The fourth-order valence-electron chi connectivity index (χ4n) is 1.25. The molecule has 2 unspecified atom stereocenters. The van der Waals surface area contributed by atoms with Crippen LogP contribution in [0.15, 0.2) is 9.81 Å². The molecule has 0 saturated heterocycles. The minimum atomic E-state index is -1.76. The maximum Gasteiger partial charge on any atom is 0.347 e. The standard InChI is InChI=1S/C12H20O6S2/c1-7(2)17-10(13)9(11(14)18-8(3)4)12(19(5)15)20(6)16/h7-8H,1-6H3. The van der Waals surface area contributed by atoms with Crippen molar-refractivity contribution in [2.45, 2.75) is 39.9 Å². The van der Waals surface area contributed by atoms with Gasteiger partial charge in [-0.3, -0.25) is 8.42 Å². The highest BCUT2D eigenvalue weighted by Crippen LogP contribution is 2.17. The molecule has 0 saturated carbocycles. The van der Waals surface area contributed by atoms with Crippen LogP contribution >= 0.6 is 0 Å². The summed E-state index contributed by atoms with van der Waals surface area (Å²) in [6.45, 7) is 6.42. The second-order valence-electron chi connectivity index (χ2n) is 4.48. The number of carbonyl (C=O) groups excluding carboxylic acids is 2. The van der Waals surface area contributed by atoms with Gasteiger partial charge in [0.05, 0.1) is 33.8 Å². The minimum Gasteiger partial charge on any atom is -0.459 e. The number of hydrogen-bond acceptors (Lipinski definition) is 6. The van der Waals surface area contributed by atoms with Gasteiger partial charge in [0, 0.05) is 12.5 Å². The molecule has 116 valence electrons. The van der Waals surface area contributed by atoms with E-state index in [0.29, 0.717) is 0 Å². The Morgan fingerprint density at radius 1 is 0.800 bits per heavy atom. The molecule has 0 N–H and O–H groups in total. The van der Waals surface area contributed by atoms with Gasteiger partial charge in [0.15, 0.2) is 5.57 Å². The lowest BCUT2D eigenvalue weighted by Crippen LogP contribution is -2.26. The first-order chi connectivity index (χ1) is 9.07. The molecule has 8 heteroatoms. The van der Waals surface area contributed by atoms with E-state index in [9.17, 15) is 18.0 Å². The highest BCUT2D eigenvalue weighted by molar-refractivity contribution is 8.08. The summed E-state index contributed by atoms with van der Waals surface area (Å²) in [4.78, 5) is 24.0. The molecule has 0 radical (unpaired) electrons. The van der Waals surface area contributed by atoms with Gasteiger partial charge < -0.3 is 9.47 Å². The molecule has 0 bridgehead atoms. The monoisotopic (exact) mass is 324 g/mol. The van der Waals surface area contributed by atoms with Gasteiger partial charge in [-0.25, -0.2) is 9.59 Å². The predicted octanol–water partition coefficient (Wildman–Crippen LogP) is 0.858. The zero-order chi connectivity index (χ0) is 16.0. The third kappa shape index (κ3) is 5.96. The minimum absolute atomic E-state index is 0.277. The zero-order valence-corrected chi connectivity index (χ0v) is 14.1. The van der Waals surface area contributed by atoms with E-state index in [-0.39, 0.29) is 4.24 Å². The second-order valence-corrected chi connectivity index (χ2v) is 7.37. The average molecular weight is 324 g/mol. The fraction of sp³-hybridized carbons (Fsp3) is 0.667. The van der Waals surface area contributed by atoms with Crippen LogP contribution in [0.1, 0.15) is 27.7 Å². The predicted molar refractivity (Wildman–Crippen MR) is 77.6 cm³/mol. The Hall–Kier alpha value is -1.02. The Balaban J connectivity index is 5.85. The van der Waals surface area contributed by atoms with Crippen molar-refractivity contribution in [1.29, 1.82) is 0 Å². The van der Waals surface area contributed by atoms with Crippen molar-refractivity contribution in [3.05, 3.63) is 9.81 Å². The fourth-order valence-corrected chi connectivity index (χ4v) is 3.48. The van der Waals surface area contributed by atoms with E-state index < -0.39 is 51.3 Å². The molecule has 0 aliphatic carbocycles. The van der Waals surface area contributed by atoms with Crippen LogP contribution in [0.4, 0.5) is 0 Å². The van der Waals surface area contributed by atoms with Crippen molar-refractivity contribution in [2.24, 2.45) is 0 Å². The summed E-state index contributed by atoms with van der Waals surface area (Å²) in [5.74, 6) is -1.96. The van der Waals surface area contributed by atoms with Gasteiger partial charge in [-0.1, -0.05) is 0 Å². The lowest BCUT2D eigenvalue weighted by Gasteiger charge is -2.14. The molecule has 0 amide bonds. The van der Waals surface area contributed by atoms with E-state index in [1.54, 1.807) is 27.7 Å². The maximum absolute atomic E-state index is 12.0. The molecule has 0 aromatic rings.